The molecule has 0 heterocycles. The number of phenolic OH excluding ortho intramolecular Hbond substituents is 2. The van der Waals surface area contributed by atoms with Crippen LogP contribution < -0.4 is 4.74 Å². The zero-order chi connectivity index (χ0) is 14.8. The molecule has 0 radical (unpaired) electrons. The number of phenols is 2. The van der Waals surface area contributed by atoms with Crippen molar-refractivity contribution in [2.45, 2.75) is 26.2 Å². The first kappa shape index (κ1) is 15.9. The van der Waals surface area contributed by atoms with E-state index in [0.29, 0.717) is 5.75 Å². The first-order chi connectivity index (χ1) is 9.67. The standard InChI is InChI=1S/C10H14O.C7H8O2/c1-2-3-6-9-7-4-5-8-10(9)11;1-9-7-4-2-6(8)3-5-7/h4-5,7-8,11H,2-3,6H2,1H3;2-5,8H,1H3. The highest BCUT2D eigenvalue weighted by Crippen LogP contribution is 2.17. The molecule has 2 aromatic rings. The molecule has 3 nitrogen and oxygen atoms in total. The number of unbranched alkanes of at least 4 members (excludes halogenated alkanes) is 1. The zero-order valence-corrected chi connectivity index (χ0v) is 12.0. The monoisotopic (exact) mass is 274 g/mol. The molecule has 0 unspecified atom stereocenters. The van der Waals surface area contributed by atoms with Crippen LogP contribution in [0, 0.1) is 0 Å². The van der Waals surface area contributed by atoms with Crippen LogP contribution in [0.15, 0.2) is 48.5 Å². The van der Waals surface area contributed by atoms with Gasteiger partial charge in [0.05, 0.1) is 7.11 Å². The average Bonchev–Trinajstić information content (AvgIpc) is 2.48. The predicted molar refractivity (Wildman–Crippen MR) is 81.4 cm³/mol. The number of rotatable bonds is 4. The highest BCUT2D eigenvalue weighted by molar-refractivity contribution is 5.31. The van der Waals surface area contributed by atoms with Gasteiger partial charge in [-0.2, -0.15) is 0 Å². The molecule has 0 aliphatic rings. The number of ether oxygens (including phenoxy) is 1. The van der Waals surface area contributed by atoms with Crippen molar-refractivity contribution >= 4 is 0 Å². The molecule has 0 aromatic heterocycles. The lowest BCUT2D eigenvalue weighted by atomic mass is 10.1. The van der Waals surface area contributed by atoms with Crippen LogP contribution in [0.1, 0.15) is 25.3 Å². The van der Waals surface area contributed by atoms with E-state index in [2.05, 4.69) is 6.92 Å². The fourth-order valence-corrected chi connectivity index (χ4v) is 1.67. The minimum atomic E-state index is 0.260. The molecule has 20 heavy (non-hydrogen) atoms. The molecule has 0 atom stereocenters. The number of aryl methyl sites for hydroxylation is 1. The number of para-hydroxylation sites is 1. The van der Waals surface area contributed by atoms with Crippen LogP contribution in [0.4, 0.5) is 0 Å². The number of methoxy groups -OCH3 is 1. The van der Waals surface area contributed by atoms with Crippen molar-refractivity contribution in [2.75, 3.05) is 7.11 Å². The third kappa shape index (κ3) is 5.65. The number of hydrogen-bond donors (Lipinski definition) is 2. The number of hydrogen-bond acceptors (Lipinski definition) is 3. The van der Waals surface area contributed by atoms with Gasteiger partial charge >= 0.3 is 0 Å². The summed E-state index contributed by atoms with van der Waals surface area (Å²) in [6.07, 6.45) is 3.31. The zero-order valence-electron chi connectivity index (χ0n) is 12.0. The molecule has 0 spiro atoms. The second-order valence-corrected chi connectivity index (χ2v) is 4.43. The summed E-state index contributed by atoms with van der Waals surface area (Å²) in [6.45, 7) is 2.15. The lowest BCUT2D eigenvalue weighted by molar-refractivity contribution is 0.412. The smallest absolute Gasteiger partial charge is 0.119 e. The Morgan fingerprint density at radius 3 is 2.15 bits per heavy atom. The van der Waals surface area contributed by atoms with Crippen molar-refractivity contribution in [1.29, 1.82) is 0 Å². The van der Waals surface area contributed by atoms with Gasteiger partial charge in [0, 0.05) is 0 Å². The molecular weight excluding hydrogens is 252 g/mol. The predicted octanol–water partition coefficient (Wildman–Crippen LogP) is 4.14. The van der Waals surface area contributed by atoms with E-state index in [1.807, 2.05) is 18.2 Å². The third-order valence-electron chi connectivity index (χ3n) is 2.86. The Hall–Kier alpha value is -2.16. The van der Waals surface area contributed by atoms with E-state index in [0.717, 1.165) is 24.2 Å². The van der Waals surface area contributed by atoms with Gasteiger partial charge < -0.3 is 14.9 Å². The van der Waals surface area contributed by atoms with E-state index in [4.69, 9.17) is 9.84 Å². The third-order valence-corrected chi connectivity index (χ3v) is 2.86. The Bertz CT molecular complexity index is 492. The number of aromatic hydroxyl groups is 2. The van der Waals surface area contributed by atoms with Gasteiger partial charge in [0.25, 0.3) is 0 Å². The van der Waals surface area contributed by atoms with Gasteiger partial charge in [0.2, 0.25) is 0 Å². The minimum absolute atomic E-state index is 0.260. The summed E-state index contributed by atoms with van der Waals surface area (Å²) in [5.74, 6) is 1.45. The quantitative estimate of drug-likeness (QED) is 0.881. The lowest BCUT2D eigenvalue weighted by Crippen LogP contribution is -1.83. The number of benzene rings is 2. The summed E-state index contributed by atoms with van der Waals surface area (Å²) >= 11 is 0. The van der Waals surface area contributed by atoms with Crippen LogP contribution in [0.25, 0.3) is 0 Å². The Morgan fingerprint density at radius 1 is 0.950 bits per heavy atom. The first-order valence-corrected chi connectivity index (χ1v) is 6.77. The van der Waals surface area contributed by atoms with Crippen LogP contribution in [-0.4, -0.2) is 17.3 Å². The van der Waals surface area contributed by atoms with Crippen molar-refractivity contribution in [3.05, 3.63) is 54.1 Å². The summed E-state index contributed by atoms with van der Waals surface area (Å²) < 4.78 is 4.86. The van der Waals surface area contributed by atoms with Gasteiger partial charge in [-0.3, -0.25) is 0 Å². The molecule has 3 heteroatoms. The molecule has 0 aliphatic carbocycles. The SMILES string of the molecule is CCCCc1ccccc1O.COc1ccc(O)cc1. The molecule has 0 saturated carbocycles. The Morgan fingerprint density at radius 2 is 1.60 bits per heavy atom. The van der Waals surface area contributed by atoms with Crippen LogP contribution in [0.5, 0.6) is 17.2 Å². The largest absolute Gasteiger partial charge is 0.508 e. The van der Waals surface area contributed by atoms with E-state index in [-0.39, 0.29) is 5.75 Å². The Kier molecular flexibility index (Phi) is 7.04. The van der Waals surface area contributed by atoms with E-state index in [1.54, 1.807) is 37.4 Å². The highest BCUT2D eigenvalue weighted by atomic mass is 16.5. The van der Waals surface area contributed by atoms with Gasteiger partial charge in [-0.15, -0.1) is 0 Å². The Labute approximate surface area is 120 Å². The molecule has 0 amide bonds. The molecule has 0 fully saturated rings. The van der Waals surface area contributed by atoms with Gasteiger partial charge in [-0.05, 0) is 48.7 Å². The maximum atomic E-state index is 9.34. The lowest BCUT2D eigenvalue weighted by Gasteiger charge is -2.01. The fraction of sp³-hybridized carbons (Fsp3) is 0.294. The molecule has 0 bridgehead atoms. The average molecular weight is 274 g/mol. The van der Waals surface area contributed by atoms with Crippen molar-refractivity contribution in [3.8, 4) is 17.2 Å². The minimum Gasteiger partial charge on any atom is -0.508 e. The van der Waals surface area contributed by atoms with Crippen molar-refractivity contribution in [2.24, 2.45) is 0 Å². The van der Waals surface area contributed by atoms with Crippen LogP contribution in [0.3, 0.4) is 0 Å². The summed E-state index contributed by atoms with van der Waals surface area (Å²) in [5, 5.41) is 18.1. The molecule has 0 saturated heterocycles. The van der Waals surface area contributed by atoms with E-state index in [9.17, 15) is 5.11 Å². The summed E-state index contributed by atoms with van der Waals surface area (Å²) in [6, 6.07) is 14.1. The van der Waals surface area contributed by atoms with Crippen LogP contribution in [0.2, 0.25) is 0 Å². The first-order valence-electron chi connectivity index (χ1n) is 6.77. The van der Waals surface area contributed by atoms with Gasteiger partial charge in [-0.1, -0.05) is 31.5 Å². The fourth-order valence-electron chi connectivity index (χ4n) is 1.67. The topological polar surface area (TPSA) is 49.7 Å². The molecular formula is C17H22O3. The van der Waals surface area contributed by atoms with Gasteiger partial charge in [-0.25, -0.2) is 0 Å². The van der Waals surface area contributed by atoms with Gasteiger partial charge in [0.1, 0.15) is 17.2 Å². The van der Waals surface area contributed by atoms with Crippen molar-refractivity contribution < 1.29 is 14.9 Å². The second kappa shape index (κ2) is 8.86. The summed E-state index contributed by atoms with van der Waals surface area (Å²) in [7, 11) is 1.59. The molecule has 0 aliphatic heterocycles. The highest BCUT2D eigenvalue weighted by Gasteiger charge is 1.96. The van der Waals surface area contributed by atoms with Crippen LogP contribution in [-0.2, 0) is 6.42 Å². The molecule has 2 rings (SSSR count). The van der Waals surface area contributed by atoms with E-state index in [1.165, 1.54) is 6.42 Å². The molecule has 2 N–H and O–H groups in total. The van der Waals surface area contributed by atoms with Gasteiger partial charge in [0.15, 0.2) is 0 Å². The molecule has 108 valence electrons. The van der Waals surface area contributed by atoms with Crippen LogP contribution >= 0.6 is 0 Å². The van der Waals surface area contributed by atoms with E-state index < -0.39 is 0 Å². The summed E-state index contributed by atoms with van der Waals surface area (Å²) in [5.41, 5.74) is 1.06. The summed E-state index contributed by atoms with van der Waals surface area (Å²) in [4.78, 5) is 0. The maximum absolute atomic E-state index is 9.34. The Balaban J connectivity index is 0.000000204. The van der Waals surface area contributed by atoms with Crippen molar-refractivity contribution in [3.63, 3.8) is 0 Å². The maximum Gasteiger partial charge on any atom is 0.119 e. The normalized spacial score (nSPS) is 9.50. The second-order valence-electron chi connectivity index (χ2n) is 4.43. The molecule has 2 aromatic carbocycles. The van der Waals surface area contributed by atoms with E-state index >= 15 is 0 Å². The van der Waals surface area contributed by atoms with Crippen molar-refractivity contribution in [1.82, 2.24) is 0 Å².